The van der Waals surface area contributed by atoms with Crippen LogP contribution in [-0.4, -0.2) is 46.2 Å². The van der Waals surface area contributed by atoms with E-state index in [0.717, 1.165) is 18.8 Å². The molecular weight excluding hydrogens is 422 g/mol. The van der Waals surface area contributed by atoms with Crippen molar-refractivity contribution in [1.82, 2.24) is 10.6 Å². The van der Waals surface area contributed by atoms with Crippen LogP contribution in [0.25, 0.3) is 0 Å². The van der Waals surface area contributed by atoms with Gasteiger partial charge in [0, 0.05) is 41.7 Å². The number of nitrogens with zero attached hydrogens (tertiary/aromatic N) is 1. The van der Waals surface area contributed by atoms with Gasteiger partial charge in [0.15, 0.2) is 17.3 Å². The van der Waals surface area contributed by atoms with E-state index >= 15 is 0 Å². The van der Waals surface area contributed by atoms with Crippen LogP contribution >= 0.6 is 0 Å². The van der Waals surface area contributed by atoms with Crippen LogP contribution in [0.4, 0.5) is 10.5 Å². The van der Waals surface area contributed by atoms with E-state index in [4.69, 9.17) is 14.2 Å². The van der Waals surface area contributed by atoms with Gasteiger partial charge in [-0.2, -0.15) is 0 Å². The van der Waals surface area contributed by atoms with Crippen molar-refractivity contribution in [1.29, 1.82) is 0 Å². The Kier molecular flexibility index (Phi) is 6.72. The summed E-state index contributed by atoms with van der Waals surface area (Å²) in [5.74, 6) is 1.09. The van der Waals surface area contributed by atoms with E-state index < -0.39 is 12.1 Å². The van der Waals surface area contributed by atoms with Gasteiger partial charge in [-0.3, -0.25) is 4.79 Å². The number of piperidine rings is 1. The molecule has 0 saturated carbocycles. The third kappa shape index (κ3) is 4.46. The maximum absolute atomic E-state index is 13.5. The van der Waals surface area contributed by atoms with Crippen molar-refractivity contribution in [3.05, 3.63) is 59.3 Å². The Balaban J connectivity index is 1.66. The van der Waals surface area contributed by atoms with Gasteiger partial charge in [-0.1, -0.05) is 0 Å². The van der Waals surface area contributed by atoms with E-state index in [-0.39, 0.29) is 5.78 Å². The SMILES string of the molecule is COc1ccc(C2NC(=O)NC=C2C(=O)c2ccc(N3CCCCC3)cc2)c(OC)c1OC. The summed E-state index contributed by atoms with van der Waals surface area (Å²) in [7, 11) is 4.55. The van der Waals surface area contributed by atoms with Crippen LogP contribution in [0.3, 0.4) is 0 Å². The van der Waals surface area contributed by atoms with Crippen molar-refractivity contribution in [2.45, 2.75) is 25.3 Å². The van der Waals surface area contributed by atoms with E-state index in [1.165, 1.54) is 46.8 Å². The maximum atomic E-state index is 13.5. The summed E-state index contributed by atoms with van der Waals surface area (Å²) >= 11 is 0. The highest BCUT2D eigenvalue weighted by Crippen LogP contribution is 2.44. The summed E-state index contributed by atoms with van der Waals surface area (Å²) in [5, 5.41) is 5.43. The number of carbonyl (C=O) groups excluding carboxylic acids is 2. The summed E-state index contributed by atoms with van der Waals surface area (Å²) in [6.07, 6.45) is 5.10. The zero-order valence-electron chi connectivity index (χ0n) is 19.1. The van der Waals surface area contributed by atoms with E-state index in [0.29, 0.717) is 33.9 Å². The number of hydrogen-bond acceptors (Lipinski definition) is 6. The van der Waals surface area contributed by atoms with Crippen LogP contribution in [0.2, 0.25) is 0 Å². The van der Waals surface area contributed by atoms with Crippen molar-refractivity contribution < 1.29 is 23.8 Å². The average Bonchev–Trinajstić information content (AvgIpc) is 2.87. The van der Waals surface area contributed by atoms with Crippen LogP contribution in [0.1, 0.15) is 41.2 Å². The van der Waals surface area contributed by atoms with Crippen LogP contribution in [0, 0.1) is 0 Å². The Morgan fingerprint density at radius 1 is 0.909 bits per heavy atom. The lowest BCUT2D eigenvalue weighted by atomic mass is 9.91. The molecule has 33 heavy (non-hydrogen) atoms. The first-order valence-corrected chi connectivity index (χ1v) is 11.0. The first-order chi connectivity index (χ1) is 16.1. The number of amides is 2. The molecule has 0 radical (unpaired) electrons. The van der Waals surface area contributed by atoms with Gasteiger partial charge in [0.2, 0.25) is 5.75 Å². The standard InChI is InChI=1S/C25H29N3O5/c1-31-20-12-11-18(23(32-2)24(20)33-3)21-19(15-26-25(30)27-21)22(29)16-7-9-17(10-8-16)28-13-5-4-6-14-28/h7-12,15,21H,4-6,13-14H2,1-3H3,(H2,26,27,30). The lowest BCUT2D eigenvalue weighted by Gasteiger charge is -2.29. The van der Waals surface area contributed by atoms with Crippen LogP contribution in [0.15, 0.2) is 48.2 Å². The molecule has 0 aliphatic carbocycles. The van der Waals surface area contributed by atoms with E-state index in [1.54, 1.807) is 12.1 Å². The number of Topliss-reactive ketones (excluding diaryl/α,β-unsaturated/α-hetero) is 1. The van der Waals surface area contributed by atoms with Crippen LogP contribution in [-0.2, 0) is 0 Å². The van der Waals surface area contributed by atoms with Crippen LogP contribution in [0.5, 0.6) is 17.2 Å². The molecule has 1 atom stereocenters. The maximum Gasteiger partial charge on any atom is 0.319 e. The predicted molar refractivity (Wildman–Crippen MR) is 125 cm³/mol. The largest absolute Gasteiger partial charge is 0.493 e. The second-order valence-corrected chi connectivity index (χ2v) is 8.00. The molecule has 2 amide bonds. The number of hydrogen-bond donors (Lipinski definition) is 2. The minimum Gasteiger partial charge on any atom is -0.493 e. The molecule has 1 fully saturated rings. The number of anilines is 1. The fourth-order valence-corrected chi connectivity index (χ4v) is 4.41. The molecule has 2 aliphatic heterocycles. The summed E-state index contributed by atoms with van der Waals surface area (Å²) in [5.41, 5.74) is 2.65. The molecule has 0 bridgehead atoms. The fraction of sp³-hybridized carbons (Fsp3) is 0.360. The Labute approximate surface area is 193 Å². The second-order valence-electron chi connectivity index (χ2n) is 8.00. The molecule has 1 unspecified atom stereocenters. The van der Waals surface area contributed by atoms with Gasteiger partial charge in [-0.15, -0.1) is 0 Å². The summed E-state index contributed by atoms with van der Waals surface area (Å²) in [6, 6.07) is 10.0. The number of ketones is 1. The molecule has 2 aliphatic rings. The number of benzene rings is 2. The molecule has 174 valence electrons. The van der Waals surface area contributed by atoms with E-state index in [9.17, 15) is 9.59 Å². The highest BCUT2D eigenvalue weighted by atomic mass is 16.5. The highest BCUT2D eigenvalue weighted by Gasteiger charge is 2.32. The normalized spacial score (nSPS) is 18.0. The molecule has 0 aromatic heterocycles. The van der Waals surface area contributed by atoms with Crippen LogP contribution < -0.4 is 29.7 Å². The Bertz CT molecular complexity index is 1060. The molecule has 2 N–H and O–H groups in total. The molecular formula is C25H29N3O5. The van der Waals surface area contributed by atoms with E-state index in [1.807, 2.05) is 24.3 Å². The topological polar surface area (TPSA) is 89.1 Å². The Morgan fingerprint density at radius 3 is 2.24 bits per heavy atom. The molecule has 8 nitrogen and oxygen atoms in total. The third-order valence-electron chi connectivity index (χ3n) is 6.10. The Morgan fingerprint density at radius 2 is 1.61 bits per heavy atom. The van der Waals surface area contributed by atoms with Crippen molar-refractivity contribution >= 4 is 17.5 Å². The van der Waals surface area contributed by atoms with Gasteiger partial charge in [-0.25, -0.2) is 4.79 Å². The lowest BCUT2D eigenvalue weighted by molar-refractivity contribution is 0.102. The van der Waals surface area contributed by atoms with Gasteiger partial charge in [0.05, 0.1) is 27.4 Å². The molecule has 8 heteroatoms. The molecule has 1 saturated heterocycles. The van der Waals surface area contributed by atoms with Crippen molar-refractivity contribution in [3.63, 3.8) is 0 Å². The first kappa shape index (κ1) is 22.5. The summed E-state index contributed by atoms with van der Waals surface area (Å²) in [6.45, 7) is 2.07. The Hall–Kier alpha value is -3.68. The minimum absolute atomic E-state index is 0.186. The van der Waals surface area contributed by atoms with Crippen molar-refractivity contribution in [3.8, 4) is 17.2 Å². The molecule has 0 spiro atoms. The zero-order valence-corrected chi connectivity index (χ0v) is 19.1. The lowest BCUT2D eigenvalue weighted by Crippen LogP contribution is -2.42. The van der Waals surface area contributed by atoms with Gasteiger partial charge < -0.3 is 29.7 Å². The van der Waals surface area contributed by atoms with Gasteiger partial charge in [-0.05, 0) is 55.7 Å². The third-order valence-corrected chi connectivity index (χ3v) is 6.10. The minimum atomic E-state index is -0.720. The summed E-state index contributed by atoms with van der Waals surface area (Å²) < 4.78 is 16.4. The average molecular weight is 452 g/mol. The van der Waals surface area contributed by atoms with Crippen molar-refractivity contribution in [2.75, 3.05) is 39.3 Å². The van der Waals surface area contributed by atoms with E-state index in [2.05, 4.69) is 15.5 Å². The first-order valence-electron chi connectivity index (χ1n) is 11.0. The fourth-order valence-electron chi connectivity index (χ4n) is 4.41. The molecule has 2 aromatic carbocycles. The number of methoxy groups -OCH3 is 3. The number of carbonyl (C=O) groups is 2. The number of urea groups is 1. The molecule has 2 heterocycles. The highest BCUT2D eigenvalue weighted by molar-refractivity contribution is 6.10. The van der Waals surface area contributed by atoms with Crippen molar-refractivity contribution in [2.24, 2.45) is 0 Å². The number of ether oxygens (including phenoxy) is 3. The van der Waals surface area contributed by atoms with Gasteiger partial charge >= 0.3 is 6.03 Å². The summed E-state index contributed by atoms with van der Waals surface area (Å²) in [4.78, 5) is 28.0. The molecule has 2 aromatic rings. The second kappa shape index (κ2) is 9.85. The van der Waals surface area contributed by atoms with Gasteiger partial charge in [0.25, 0.3) is 0 Å². The molecule has 4 rings (SSSR count). The quantitative estimate of drug-likeness (QED) is 0.622. The monoisotopic (exact) mass is 451 g/mol. The van der Waals surface area contributed by atoms with Gasteiger partial charge in [0.1, 0.15) is 0 Å². The zero-order chi connectivity index (χ0) is 23.4. The number of nitrogens with one attached hydrogen (secondary N) is 2. The smallest absolute Gasteiger partial charge is 0.319 e. The predicted octanol–water partition coefficient (Wildman–Crippen LogP) is 3.82. The number of rotatable bonds is 7.